The number of ether oxygens (including phenoxy) is 1. The maximum Gasteiger partial charge on any atom is 0.248 e. The molecule has 1 fully saturated rings. The fourth-order valence-electron chi connectivity index (χ4n) is 2.48. The van der Waals surface area contributed by atoms with Crippen LogP contribution in [0.5, 0.6) is 5.88 Å². The number of nitrogens with one attached hydrogen (secondary N) is 1. The Labute approximate surface area is 147 Å². The topological polar surface area (TPSA) is 93.0 Å². The predicted molar refractivity (Wildman–Crippen MR) is 88.9 cm³/mol. The molecule has 1 aliphatic carbocycles. The van der Waals surface area contributed by atoms with Crippen molar-refractivity contribution in [2.45, 2.75) is 51.2 Å². The third-order valence-electron chi connectivity index (χ3n) is 3.89. The van der Waals surface area contributed by atoms with Crippen molar-refractivity contribution in [3.05, 3.63) is 23.4 Å². The molecule has 1 aliphatic rings. The van der Waals surface area contributed by atoms with Crippen LogP contribution >= 0.6 is 0 Å². The Hall–Kier alpha value is -1.65. The first-order valence-electron chi connectivity index (χ1n) is 7.76. The van der Waals surface area contributed by atoms with Crippen LogP contribution in [0.4, 0.5) is 8.78 Å². The number of halogens is 2. The molecule has 25 heavy (non-hydrogen) atoms. The van der Waals surface area contributed by atoms with Gasteiger partial charge >= 0.3 is 0 Å². The zero-order valence-electron chi connectivity index (χ0n) is 14.0. The number of aromatic nitrogens is 1. The molecule has 2 rings (SSSR count). The second-order valence-electron chi connectivity index (χ2n) is 5.81. The van der Waals surface area contributed by atoms with E-state index in [4.69, 9.17) is 14.1 Å². The fourth-order valence-corrected chi connectivity index (χ4v) is 2.77. The fraction of sp³-hybridized carbons (Fsp3) is 0.600. The summed E-state index contributed by atoms with van der Waals surface area (Å²) in [6.45, 7) is 1.83. The largest absolute Gasteiger partial charge is 0.481 e. The van der Waals surface area contributed by atoms with E-state index in [1.807, 2.05) is 0 Å². The Morgan fingerprint density at radius 3 is 2.80 bits per heavy atom. The first-order valence-corrected chi connectivity index (χ1v) is 8.87. The Morgan fingerprint density at radius 1 is 1.52 bits per heavy atom. The van der Waals surface area contributed by atoms with Gasteiger partial charge in [0, 0.05) is 25.6 Å². The van der Waals surface area contributed by atoms with Gasteiger partial charge in [0.15, 0.2) is 0 Å². The highest BCUT2D eigenvalue weighted by atomic mass is 32.2. The van der Waals surface area contributed by atoms with Crippen LogP contribution in [0.15, 0.2) is 17.4 Å². The zero-order chi connectivity index (χ0) is 18.4. The Bertz CT molecular complexity index is 648. The smallest absolute Gasteiger partial charge is 0.248 e. The maximum atomic E-state index is 13.2. The van der Waals surface area contributed by atoms with Crippen molar-refractivity contribution in [2.24, 2.45) is 5.16 Å². The third-order valence-corrected chi connectivity index (χ3v) is 4.28. The number of nitrogens with zero attached hydrogens (tertiary/aromatic N) is 2. The van der Waals surface area contributed by atoms with E-state index in [9.17, 15) is 13.0 Å². The van der Waals surface area contributed by atoms with E-state index >= 15 is 0 Å². The molecule has 1 aromatic heterocycles. The van der Waals surface area contributed by atoms with Crippen molar-refractivity contribution in [2.75, 3.05) is 7.11 Å². The number of oxime groups is 1. The number of pyridine rings is 1. The van der Waals surface area contributed by atoms with E-state index in [0.717, 1.165) is 0 Å². The van der Waals surface area contributed by atoms with Crippen LogP contribution in [-0.2, 0) is 22.6 Å². The molecule has 1 unspecified atom stereocenters. The summed E-state index contributed by atoms with van der Waals surface area (Å²) in [5, 5.41) is 4.03. The molecule has 7 nitrogen and oxygen atoms in total. The van der Waals surface area contributed by atoms with Gasteiger partial charge in [0.25, 0.3) is 0 Å². The molecule has 0 aromatic carbocycles. The van der Waals surface area contributed by atoms with Crippen LogP contribution in [0.2, 0.25) is 0 Å². The van der Waals surface area contributed by atoms with E-state index in [0.29, 0.717) is 22.7 Å². The predicted octanol–water partition coefficient (Wildman–Crippen LogP) is 2.64. The van der Waals surface area contributed by atoms with Gasteiger partial charge in [-0.3, -0.25) is 4.55 Å². The Kier molecular flexibility index (Phi) is 6.79. The summed E-state index contributed by atoms with van der Waals surface area (Å²) in [6.07, 6.45) is 1.29. The van der Waals surface area contributed by atoms with Crippen LogP contribution < -0.4 is 9.46 Å². The van der Waals surface area contributed by atoms with Gasteiger partial charge in [0.1, 0.15) is 6.10 Å². The molecular formula is C15H21F2N3O4S. The second kappa shape index (κ2) is 8.63. The highest BCUT2D eigenvalue weighted by Crippen LogP contribution is 2.34. The molecule has 140 valence electrons. The summed E-state index contributed by atoms with van der Waals surface area (Å²) in [5.41, 5.74) is 1.70. The number of rotatable bonds is 7. The zero-order valence-corrected chi connectivity index (χ0v) is 14.8. The summed E-state index contributed by atoms with van der Waals surface area (Å²) in [4.78, 5) is 9.53. The van der Waals surface area contributed by atoms with Crippen molar-refractivity contribution in [1.29, 1.82) is 0 Å². The minimum absolute atomic E-state index is 0.138. The lowest BCUT2D eigenvalue weighted by atomic mass is 9.94. The van der Waals surface area contributed by atoms with Crippen LogP contribution in [0.1, 0.15) is 43.7 Å². The van der Waals surface area contributed by atoms with Gasteiger partial charge in [-0.2, -0.15) is 0 Å². The molecule has 1 saturated carbocycles. The second-order valence-corrected chi connectivity index (χ2v) is 6.60. The summed E-state index contributed by atoms with van der Waals surface area (Å²) in [5.74, 6) is -2.28. The van der Waals surface area contributed by atoms with Gasteiger partial charge in [-0.05, 0) is 31.4 Å². The Balaban J connectivity index is 2.07. The van der Waals surface area contributed by atoms with Gasteiger partial charge in [0.05, 0.1) is 18.4 Å². The molecule has 0 aliphatic heterocycles. The van der Waals surface area contributed by atoms with E-state index in [1.165, 1.54) is 13.3 Å². The first-order chi connectivity index (χ1) is 11.8. The van der Waals surface area contributed by atoms with Gasteiger partial charge in [-0.15, -0.1) is 0 Å². The summed E-state index contributed by atoms with van der Waals surface area (Å²) >= 11 is -2.13. The van der Waals surface area contributed by atoms with Crippen molar-refractivity contribution in [3.8, 4) is 5.88 Å². The molecule has 0 saturated heterocycles. The average molecular weight is 377 g/mol. The maximum absolute atomic E-state index is 13.2. The lowest BCUT2D eigenvalue weighted by Crippen LogP contribution is -2.28. The lowest BCUT2D eigenvalue weighted by molar-refractivity contribution is -0.0797. The molecule has 2 N–H and O–H groups in total. The lowest BCUT2D eigenvalue weighted by Gasteiger charge is -2.26. The summed E-state index contributed by atoms with van der Waals surface area (Å²) in [7, 11) is 1.46. The molecule has 1 atom stereocenters. The molecule has 0 radical (unpaired) electrons. The highest BCUT2D eigenvalue weighted by molar-refractivity contribution is 7.77. The quantitative estimate of drug-likeness (QED) is 0.433. The SMILES string of the molecule is COc1ncc(CNS(=O)O)cc1C(C)=NOC1CCC(F)(F)CC1. The third kappa shape index (κ3) is 5.98. The van der Waals surface area contributed by atoms with E-state index < -0.39 is 17.2 Å². The van der Waals surface area contributed by atoms with Crippen molar-refractivity contribution in [3.63, 3.8) is 0 Å². The van der Waals surface area contributed by atoms with Crippen molar-refractivity contribution < 1.29 is 27.1 Å². The number of hydrogen-bond acceptors (Lipinski definition) is 5. The standard InChI is InChI=1S/C15H21F2N3O4S/c1-10(20-24-12-3-5-15(16,17)6-4-12)13-7-11(9-19-25(21)22)8-18-14(13)23-2/h7-8,12,19H,3-6,9H2,1-2H3,(H,21,22). The van der Waals surface area contributed by atoms with Gasteiger partial charge < -0.3 is 9.57 Å². The van der Waals surface area contributed by atoms with E-state index in [1.54, 1.807) is 13.0 Å². The van der Waals surface area contributed by atoms with E-state index in [2.05, 4.69) is 14.9 Å². The average Bonchev–Trinajstić information content (AvgIpc) is 2.58. The number of alkyl halides is 2. The van der Waals surface area contributed by atoms with Crippen molar-refractivity contribution in [1.82, 2.24) is 9.71 Å². The Morgan fingerprint density at radius 2 is 2.20 bits per heavy atom. The van der Waals surface area contributed by atoms with Crippen LogP contribution in [-0.4, -0.2) is 38.6 Å². The van der Waals surface area contributed by atoms with Crippen molar-refractivity contribution >= 4 is 17.0 Å². The molecule has 10 heteroatoms. The van der Waals surface area contributed by atoms with Gasteiger partial charge in [-0.1, -0.05) is 5.16 Å². The van der Waals surface area contributed by atoms with Gasteiger partial charge in [-0.25, -0.2) is 22.7 Å². The molecule has 0 spiro atoms. The molecular weight excluding hydrogens is 356 g/mol. The summed E-state index contributed by atoms with van der Waals surface area (Å²) < 4.78 is 53.3. The monoisotopic (exact) mass is 377 g/mol. The highest BCUT2D eigenvalue weighted by Gasteiger charge is 2.35. The van der Waals surface area contributed by atoms with Crippen LogP contribution in [0.3, 0.4) is 0 Å². The van der Waals surface area contributed by atoms with Crippen LogP contribution in [0.25, 0.3) is 0 Å². The molecule has 1 aromatic rings. The summed E-state index contributed by atoms with van der Waals surface area (Å²) in [6, 6.07) is 1.71. The molecule has 1 heterocycles. The van der Waals surface area contributed by atoms with Crippen LogP contribution in [0, 0.1) is 0 Å². The normalized spacial score (nSPS) is 19.5. The minimum Gasteiger partial charge on any atom is -0.481 e. The molecule has 0 amide bonds. The first kappa shape index (κ1) is 19.7. The number of hydrogen-bond donors (Lipinski definition) is 2. The number of methoxy groups -OCH3 is 1. The van der Waals surface area contributed by atoms with Gasteiger partial charge in [0.2, 0.25) is 23.1 Å². The van der Waals surface area contributed by atoms with E-state index in [-0.39, 0.29) is 38.3 Å². The minimum atomic E-state index is -2.61. The molecule has 0 bridgehead atoms.